The summed E-state index contributed by atoms with van der Waals surface area (Å²) in [7, 11) is 1.71. The molecule has 7 heteroatoms. The minimum atomic E-state index is -0.855. The third-order valence-electron chi connectivity index (χ3n) is 3.28. The lowest BCUT2D eigenvalue weighted by molar-refractivity contribution is -0.140. The number of carbonyl (C=O) groups excluding carboxylic acids is 1. The van der Waals surface area contributed by atoms with E-state index in [9.17, 15) is 9.59 Å². The summed E-state index contributed by atoms with van der Waals surface area (Å²) in [6.07, 6.45) is 3.78. The van der Waals surface area contributed by atoms with Crippen molar-refractivity contribution in [2.24, 2.45) is 5.92 Å². The zero-order valence-corrected chi connectivity index (χ0v) is 12.2. The molecule has 0 radical (unpaired) electrons. The van der Waals surface area contributed by atoms with Gasteiger partial charge in [-0.05, 0) is 13.3 Å². The van der Waals surface area contributed by atoms with Gasteiger partial charge in [0.15, 0.2) is 0 Å². The zero-order valence-electron chi connectivity index (χ0n) is 11.4. The van der Waals surface area contributed by atoms with Crippen LogP contribution in [0.15, 0.2) is 17.7 Å². The third-order valence-corrected chi connectivity index (χ3v) is 4.20. The number of carboxylic acids is 1. The Balaban J connectivity index is 1.85. The van der Waals surface area contributed by atoms with Gasteiger partial charge in [0.25, 0.3) is 0 Å². The minimum absolute atomic E-state index is 0.210. The number of carbonyl (C=O) groups is 2. The van der Waals surface area contributed by atoms with Crippen molar-refractivity contribution in [1.82, 2.24) is 15.2 Å². The molecule has 20 heavy (non-hydrogen) atoms. The van der Waals surface area contributed by atoms with Gasteiger partial charge in [0.1, 0.15) is 0 Å². The smallest absolute Gasteiger partial charge is 0.317 e. The molecule has 2 unspecified atom stereocenters. The molecule has 1 aromatic heterocycles. The highest BCUT2D eigenvalue weighted by atomic mass is 32.1. The van der Waals surface area contributed by atoms with Crippen LogP contribution in [0.4, 0.5) is 4.79 Å². The molecule has 2 amide bonds. The number of rotatable bonds is 4. The Labute approximate surface area is 121 Å². The first-order valence-corrected chi connectivity index (χ1v) is 7.17. The number of thiazole rings is 1. The molecule has 1 heterocycles. The predicted octanol–water partition coefficient (Wildman–Crippen LogP) is 1.62. The van der Waals surface area contributed by atoms with Crippen LogP contribution in [0.25, 0.3) is 0 Å². The molecular formula is C13H17N3O3S. The first kappa shape index (κ1) is 14.5. The molecule has 1 aliphatic carbocycles. The molecule has 0 aliphatic heterocycles. The lowest BCUT2D eigenvalue weighted by Gasteiger charge is -2.20. The van der Waals surface area contributed by atoms with Crippen LogP contribution in [0.5, 0.6) is 0 Å². The van der Waals surface area contributed by atoms with Gasteiger partial charge in [-0.25, -0.2) is 9.78 Å². The summed E-state index contributed by atoms with van der Waals surface area (Å²) in [5.74, 6) is -1.36. The fourth-order valence-electron chi connectivity index (χ4n) is 2.02. The topological polar surface area (TPSA) is 82.5 Å². The molecule has 0 saturated heterocycles. The van der Waals surface area contributed by atoms with Gasteiger partial charge in [0.2, 0.25) is 0 Å². The van der Waals surface area contributed by atoms with Gasteiger partial charge in [-0.15, -0.1) is 11.3 Å². The molecule has 1 aliphatic rings. The minimum Gasteiger partial charge on any atom is -0.481 e. The molecule has 0 saturated carbocycles. The Morgan fingerprint density at radius 3 is 2.85 bits per heavy atom. The maximum absolute atomic E-state index is 12.0. The van der Waals surface area contributed by atoms with Crippen molar-refractivity contribution in [1.29, 1.82) is 0 Å². The second-order valence-corrected chi connectivity index (χ2v) is 5.78. The summed E-state index contributed by atoms with van der Waals surface area (Å²) >= 11 is 1.52. The van der Waals surface area contributed by atoms with E-state index < -0.39 is 11.9 Å². The number of aryl methyl sites for hydroxylation is 1. The van der Waals surface area contributed by atoms with Crippen molar-refractivity contribution in [3.63, 3.8) is 0 Å². The van der Waals surface area contributed by atoms with Gasteiger partial charge in [-0.1, -0.05) is 12.2 Å². The molecule has 2 rings (SSSR count). The number of urea groups is 1. The van der Waals surface area contributed by atoms with Crippen LogP contribution in [0.3, 0.4) is 0 Å². The van der Waals surface area contributed by atoms with E-state index in [1.54, 1.807) is 29.6 Å². The van der Waals surface area contributed by atoms with E-state index >= 15 is 0 Å². The van der Waals surface area contributed by atoms with Gasteiger partial charge >= 0.3 is 12.0 Å². The Morgan fingerprint density at radius 2 is 2.30 bits per heavy atom. The number of aromatic nitrogens is 1. The van der Waals surface area contributed by atoms with Crippen LogP contribution in [-0.2, 0) is 11.3 Å². The summed E-state index contributed by atoms with van der Waals surface area (Å²) in [5, 5.41) is 11.7. The van der Waals surface area contributed by atoms with Gasteiger partial charge in [0, 0.05) is 11.9 Å². The second-order valence-electron chi connectivity index (χ2n) is 4.84. The SMILES string of the molecule is Cc1ncsc1CN(C)C(=O)NC1C=CC(C(=O)O)C1. The third kappa shape index (κ3) is 3.36. The van der Waals surface area contributed by atoms with Crippen molar-refractivity contribution < 1.29 is 14.7 Å². The number of nitrogens with one attached hydrogen (secondary N) is 1. The van der Waals surface area contributed by atoms with Crippen LogP contribution < -0.4 is 5.32 Å². The van der Waals surface area contributed by atoms with Crippen LogP contribution in [-0.4, -0.2) is 40.1 Å². The van der Waals surface area contributed by atoms with Crippen LogP contribution in [0.2, 0.25) is 0 Å². The molecule has 108 valence electrons. The van der Waals surface area contributed by atoms with Crippen LogP contribution in [0.1, 0.15) is 17.0 Å². The molecule has 2 atom stereocenters. The van der Waals surface area contributed by atoms with E-state index in [1.165, 1.54) is 11.3 Å². The van der Waals surface area contributed by atoms with E-state index in [2.05, 4.69) is 10.3 Å². The molecule has 0 bridgehead atoms. The number of amides is 2. The van der Waals surface area contributed by atoms with Gasteiger partial charge in [0.05, 0.1) is 29.7 Å². The van der Waals surface area contributed by atoms with Gasteiger partial charge in [-0.2, -0.15) is 0 Å². The number of aliphatic carboxylic acids is 1. The standard InChI is InChI=1S/C13H17N3O3S/c1-8-11(20-7-14-8)6-16(2)13(19)15-10-4-3-9(5-10)12(17)18/h3-4,7,9-10H,5-6H2,1-2H3,(H,15,19)(H,17,18). The van der Waals surface area contributed by atoms with Crippen molar-refractivity contribution in [3.05, 3.63) is 28.2 Å². The Morgan fingerprint density at radius 1 is 1.55 bits per heavy atom. The summed E-state index contributed by atoms with van der Waals surface area (Å²) in [4.78, 5) is 29.6. The van der Waals surface area contributed by atoms with Crippen molar-refractivity contribution in [2.45, 2.75) is 25.9 Å². The molecule has 0 spiro atoms. The van der Waals surface area contributed by atoms with Crippen LogP contribution >= 0.6 is 11.3 Å². The second kappa shape index (κ2) is 6.04. The van der Waals surface area contributed by atoms with Gasteiger partial charge in [-0.3, -0.25) is 4.79 Å². The highest BCUT2D eigenvalue weighted by molar-refractivity contribution is 7.09. The lowest BCUT2D eigenvalue weighted by atomic mass is 10.1. The van der Waals surface area contributed by atoms with Crippen molar-refractivity contribution in [3.8, 4) is 0 Å². The largest absolute Gasteiger partial charge is 0.481 e. The number of hydrogen-bond donors (Lipinski definition) is 2. The number of carboxylic acid groups (broad SMARTS) is 1. The summed E-state index contributed by atoms with van der Waals surface area (Å²) in [5.41, 5.74) is 2.69. The first-order valence-electron chi connectivity index (χ1n) is 6.29. The average molecular weight is 295 g/mol. The highest BCUT2D eigenvalue weighted by Gasteiger charge is 2.26. The lowest BCUT2D eigenvalue weighted by Crippen LogP contribution is -2.41. The maximum atomic E-state index is 12.0. The first-order chi connectivity index (χ1) is 9.47. The average Bonchev–Trinajstić information content (AvgIpc) is 2.99. The quantitative estimate of drug-likeness (QED) is 0.827. The molecule has 0 fully saturated rings. The van der Waals surface area contributed by atoms with Crippen molar-refractivity contribution in [2.75, 3.05) is 7.05 Å². The summed E-state index contributed by atoms with van der Waals surface area (Å²) < 4.78 is 0. The van der Waals surface area contributed by atoms with E-state index in [0.29, 0.717) is 13.0 Å². The van der Waals surface area contributed by atoms with E-state index in [-0.39, 0.29) is 12.1 Å². The molecule has 2 N–H and O–H groups in total. The zero-order chi connectivity index (χ0) is 14.7. The maximum Gasteiger partial charge on any atom is 0.317 e. The van der Waals surface area contributed by atoms with Crippen LogP contribution in [0, 0.1) is 12.8 Å². The molecular weight excluding hydrogens is 278 g/mol. The fourth-order valence-corrected chi connectivity index (χ4v) is 2.85. The highest BCUT2D eigenvalue weighted by Crippen LogP contribution is 2.19. The molecule has 6 nitrogen and oxygen atoms in total. The predicted molar refractivity (Wildman–Crippen MR) is 75.5 cm³/mol. The number of hydrogen-bond acceptors (Lipinski definition) is 4. The van der Waals surface area contributed by atoms with Crippen molar-refractivity contribution >= 4 is 23.3 Å². The Bertz CT molecular complexity index is 541. The summed E-state index contributed by atoms with van der Waals surface area (Å²) in [6.45, 7) is 2.41. The normalized spacial score (nSPS) is 20.9. The Hall–Kier alpha value is -1.89. The van der Waals surface area contributed by atoms with E-state index in [0.717, 1.165) is 10.6 Å². The van der Waals surface area contributed by atoms with E-state index in [4.69, 9.17) is 5.11 Å². The fraction of sp³-hybridized carbons (Fsp3) is 0.462. The monoisotopic (exact) mass is 295 g/mol. The Kier molecular flexibility index (Phi) is 4.39. The number of nitrogens with zero attached hydrogens (tertiary/aromatic N) is 2. The van der Waals surface area contributed by atoms with Gasteiger partial charge < -0.3 is 15.3 Å². The molecule has 0 aromatic carbocycles. The summed E-state index contributed by atoms with van der Waals surface area (Å²) in [6, 6.07) is -0.424. The van der Waals surface area contributed by atoms with E-state index in [1.807, 2.05) is 6.92 Å². The molecule has 1 aromatic rings.